The third kappa shape index (κ3) is 3.33. The van der Waals surface area contributed by atoms with Crippen LogP contribution in [0.15, 0.2) is 36.5 Å². The second kappa shape index (κ2) is 7.74. The number of carbonyl (C=O) groups is 1. The van der Waals surface area contributed by atoms with Gasteiger partial charge < -0.3 is 10.2 Å². The van der Waals surface area contributed by atoms with Crippen LogP contribution in [0.4, 0.5) is 5.95 Å². The molecule has 27 heavy (non-hydrogen) atoms. The predicted octanol–water partition coefficient (Wildman–Crippen LogP) is 3.03. The minimum Gasteiger partial charge on any atom is -0.341 e. The Kier molecular flexibility index (Phi) is 5.75. The Morgan fingerprint density at radius 2 is 1.81 bits per heavy atom. The molecule has 3 heterocycles. The molecule has 7 heteroatoms. The number of fused-ring (bicyclic) bond motifs is 1. The zero-order valence-corrected chi connectivity index (χ0v) is 16.7. The summed E-state index contributed by atoms with van der Waals surface area (Å²) in [4.78, 5) is 24.5. The van der Waals surface area contributed by atoms with Crippen LogP contribution in [0.5, 0.6) is 0 Å². The third-order valence-corrected chi connectivity index (χ3v) is 6.14. The maximum atomic E-state index is 12.9. The first-order chi connectivity index (χ1) is 12.3. The standard InChI is InChI=1S/C20H22N4O.2ClH/c25-18-16-4-2-1-3-14(16)11-20(18)6-9-24(10-7-20)19-22-8-5-17(23-19)15-12-21-13-15;;/h1-5,8,15,21H,6-7,9-13H2;2*1H. The van der Waals surface area contributed by atoms with E-state index >= 15 is 0 Å². The van der Waals surface area contributed by atoms with Crippen molar-refractivity contribution in [3.8, 4) is 0 Å². The van der Waals surface area contributed by atoms with E-state index in [1.54, 1.807) is 0 Å². The van der Waals surface area contributed by atoms with E-state index in [1.165, 1.54) is 5.56 Å². The molecule has 2 fully saturated rings. The fourth-order valence-electron chi connectivity index (χ4n) is 4.40. The number of carbonyl (C=O) groups excluding carboxylic acids is 1. The van der Waals surface area contributed by atoms with E-state index in [9.17, 15) is 4.79 Å². The largest absolute Gasteiger partial charge is 0.341 e. The molecule has 2 aliphatic heterocycles. The van der Waals surface area contributed by atoms with Gasteiger partial charge in [-0.3, -0.25) is 4.79 Å². The van der Waals surface area contributed by atoms with E-state index in [0.29, 0.717) is 11.7 Å². The third-order valence-electron chi connectivity index (χ3n) is 6.14. The van der Waals surface area contributed by atoms with Gasteiger partial charge in [0.05, 0.1) is 5.69 Å². The van der Waals surface area contributed by atoms with E-state index in [0.717, 1.165) is 62.6 Å². The summed E-state index contributed by atoms with van der Waals surface area (Å²) in [5.74, 6) is 1.68. The number of hydrogen-bond acceptors (Lipinski definition) is 5. The normalized spacial score (nSPS) is 20.4. The number of nitrogens with zero attached hydrogens (tertiary/aromatic N) is 3. The van der Waals surface area contributed by atoms with Crippen LogP contribution < -0.4 is 10.2 Å². The molecule has 0 saturated carbocycles. The number of rotatable bonds is 2. The first kappa shape index (κ1) is 20.1. The number of halogens is 2. The lowest BCUT2D eigenvalue weighted by molar-refractivity contribution is 0.0774. The topological polar surface area (TPSA) is 58.1 Å². The number of hydrogen-bond donors (Lipinski definition) is 1. The zero-order chi connectivity index (χ0) is 16.9. The molecule has 5 rings (SSSR count). The Hall–Kier alpha value is -1.69. The SMILES string of the molecule is Cl.Cl.O=C1c2ccccc2CC12CCN(c1nccc(C3CNC3)n1)CC2. The molecule has 2 saturated heterocycles. The fourth-order valence-corrected chi connectivity index (χ4v) is 4.40. The molecule has 1 aromatic carbocycles. The van der Waals surface area contributed by atoms with Crippen LogP contribution in [0.2, 0.25) is 0 Å². The van der Waals surface area contributed by atoms with Crippen molar-refractivity contribution in [1.82, 2.24) is 15.3 Å². The van der Waals surface area contributed by atoms with Gasteiger partial charge in [0.2, 0.25) is 5.95 Å². The number of nitrogens with one attached hydrogen (secondary N) is 1. The first-order valence-electron chi connectivity index (χ1n) is 9.17. The Labute approximate surface area is 171 Å². The summed E-state index contributed by atoms with van der Waals surface area (Å²) in [6.07, 6.45) is 4.54. The lowest BCUT2D eigenvalue weighted by Crippen LogP contribution is -2.44. The van der Waals surface area contributed by atoms with Crippen molar-refractivity contribution in [3.63, 3.8) is 0 Å². The molecule has 0 atom stereocenters. The molecule has 1 aromatic heterocycles. The van der Waals surface area contributed by atoms with Crippen molar-refractivity contribution in [3.05, 3.63) is 53.3 Å². The summed E-state index contributed by atoms with van der Waals surface area (Å²) >= 11 is 0. The monoisotopic (exact) mass is 406 g/mol. The molecule has 2 aromatic rings. The molecule has 144 valence electrons. The van der Waals surface area contributed by atoms with Crippen LogP contribution in [0.25, 0.3) is 0 Å². The predicted molar refractivity (Wildman–Crippen MR) is 110 cm³/mol. The highest BCUT2D eigenvalue weighted by atomic mass is 35.5. The number of aromatic nitrogens is 2. The summed E-state index contributed by atoms with van der Waals surface area (Å²) in [6.45, 7) is 3.72. The maximum absolute atomic E-state index is 12.9. The van der Waals surface area contributed by atoms with Gasteiger partial charge in [-0.2, -0.15) is 0 Å². The quantitative estimate of drug-likeness (QED) is 0.830. The van der Waals surface area contributed by atoms with Gasteiger partial charge in [0, 0.05) is 49.3 Å². The second-order valence-electron chi connectivity index (χ2n) is 7.57. The highest BCUT2D eigenvalue weighted by Crippen LogP contribution is 2.44. The molecular formula is C20H24Cl2N4O. The lowest BCUT2D eigenvalue weighted by Gasteiger charge is -2.38. The summed E-state index contributed by atoms with van der Waals surface area (Å²) in [7, 11) is 0. The Balaban J connectivity index is 0.00000105. The average Bonchev–Trinajstić information content (AvgIpc) is 2.87. The summed E-state index contributed by atoms with van der Waals surface area (Å²) < 4.78 is 0. The van der Waals surface area contributed by atoms with Gasteiger partial charge in [-0.05, 0) is 30.9 Å². The number of anilines is 1. The summed E-state index contributed by atoms with van der Waals surface area (Å²) in [5, 5.41) is 3.29. The molecule has 3 aliphatic rings. The van der Waals surface area contributed by atoms with Gasteiger partial charge in [0.25, 0.3) is 0 Å². The van der Waals surface area contributed by atoms with Crippen LogP contribution >= 0.6 is 24.8 Å². The Morgan fingerprint density at radius 3 is 2.48 bits per heavy atom. The number of ketones is 1. The van der Waals surface area contributed by atoms with Gasteiger partial charge in [-0.15, -0.1) is 24.8 Å². The lowest BCUT2D eigenvalue weighted by atomic mass is 9.75. The summed E-state index contributed by atoms with van der Waals surface area (Å²) in [6, 6.07) is 10.1. The first-order valence-corrected chi connectivity index (χ1v) is 9.17. The molecule has 0 unspecified atom stereocenters. The minimum absolute atomic E-state index is 0. The van der Waals surface area contributed by atoms with Crippen molar-refractivity contribution >= 4 is 36.5 Å². The van der Waals surface area contributed by atoms with E-state index in [2.05, 4.69) is 21.3 Å². The molecule has 1 aliphatic carbocycles. The molecular weight excluding hydrogens is 383 g/mol. The van der Waals surface area contributed by atoms with Crippen molar-refractivity contribution in [2.45, 2.75) is 25.2 Å². The number of benzene rings is 1. The van der Waals surface area contributed by atoms with E-state index in [1.807, 2.05) is 30.5 Å². The van der Waals surface area contributed by atoms with Gasteiger partial charge in [-0.25, -0.2) is 9.97 Å². The van der Waals surface area contributed by atoms with Crippen molar-refractivity contribution in [2.75, 3.05) is 31.1 Å². The van der Waals surface area contributed by atoms with Crippen molar-refractivity contribution in [1.29, 1.82) is 0 Å². The van der Waals surface area contributed by atoms with E-state index in [4.69, 9.17) is 4.98 Å². The minimum atomic E-state index is -0.199. The molecule has 0 bridgehead atoms. The molecule has 5 nitrogen and oxygen atoms in total. The highest BCUT2D eigenvalue weighted by Gasteiger charge is 2.47. The Morgan fingerprint density at radius 1 is 1.07 bits per heavy atom. The van der Waals surface area contributed by atoms with E-state index in [-0.39, 0.29) is 30.2 Å². The van der Waals surface area contributed by atoms with Gasteiger partial charge in [0.15, 0.2) is 5.78 Å². The van der Waals surface area contributed by atoms with Gasteiger partial charge >= 0.3 is 0 Å². The number of piperidine rings is 1. The second-order valence-corrected chi connectivity index (χ2v) is 7.57. The molecule has 1 N–H and O–H groups in total. The highest BCUT2D eigenvalue weighted by molar-refractivity contribution is 6.05. The van der Waals surface area contributed by atoms with Crippen LogP contribution in [-0.2, 0) is 6.42 Å². The van der Waals surface area contributed by atoms with Gasteiger partial charge in [-0.1, -0.05) is 24.3 Å². The van der Waals surface area contributed by atoms with Crippen molar-refractivity contribution < 1.29 is 4.79 Å². The molecule has 0 amide bonds. The Bertz CT molecular complexity index is 832. The molecule has 1 spiro atoms. The van der Waals surface area contributed by atoms with Gasteiger partial charge in [0.1, 0.15) is 0 Å². The summed E-state index contributed by atoms with van der Waals surface area (Å²) in [5.41, 5.74) is 3.09. The zero-order valence-electron chi connectivity index (χ0n) is 15.1. The van der Waals surface area contributed by atoms with Crippen LogP contribution in [0.3, 0.4) is 0 Å². The average molecular weight is 407 g/mol. The fraction of sp³-hybridized carbons (Fsp3) is 0.450. The number of Topliss-reactive ketones (excluding diaryl/α,β-unsaturated/α-hetero) is 1. The van der Waals surface area contributed by atoms with Crippen LogP contribution in [0, 0.1) is 5.41 Å². The maximum Gasteiger partial charge on any atom is 0.225 e. The molecule has 0 radical (unpaired) electrons. The van der Waals surface area contributed by atoms with Crippen molar-refractivity contribution in [2.24, 2.45) is 5.41 Å². The van der Waals surface area contributed by atoms with E-state index < -0.39 is 0 Å². The van der Waals surface area contributed by atoms with Crippen LogP contribution in [-0.4, -0.2) is 41.9 Å². The van der Waals surface area contributed by atoms with Crippen LogP contribution in [0.1, 0.15) is 40.4 Å². The smallest absolute Gasteiger partial charge is 0.225 e.